The Bertz CT molecular complexity index is 2060. The van der Waals surface area contributed by atoms with E-state index in [-0.39, 0.29) is 31.8 Å². The van der Waals surface area contributed by atoms with Crippen LogP contribution in [0, 0.1) is 29.0 Å². The number of aromatic nitrogens is 4. The second kappa shape index (κ2) is 15.5. The summed E-state index contributed by atoms with van der Waals surface area (Å²) in [5.41, 5.74) is -1.82. The summed E-state index contributed by atoms with van der Waals surface area (Å²) in [5.74, 6) is -4.80. The largest absolute Gasteiger partial charge is 0.497 e. The Hall–Kier alpha value is -5.19. The molecule has 0 bridgehead atoms. The zero-order chi connectivity index (χ0) is 39.7. The highest BCUT2D eigenvalue weighted by Gasteiger charge is 2.62. The van der Waals surface area contributed by atoms with E-state index >= 15 is 0 Å². The molecule has 2 unspecified atom stereocenters. The SMILES string of the molecule is C=CC[C@@H]1C[C@@]1(NC(=O)[C@@H]1C[C@@H](n2nnc(-c3ccc(OC)cc3)n2)CC1C(=O)C(NC(=O)OC1CCC1)C(C)(C)C)C(=O)NS(=O)(=O)c1ccccc1F. The first-order chi connectivity index (χ1) is 26.1. The molecule has 3 saturated carbocycles. The van der Waals surface area contributed by atoms with Crippen LogP contribution in [-0.2, 0) is 29.1 Å². The molecule has 1 heterocycles. The molecule has 6 atom stereocenters. The van der Waals surface area contributed by atoms with Crippen molar-refractivity contribution in [3.8, 4) is 17.1 Å². The number of allylic oxidation sites excluding steroid dienone is 1. The van der Waals surface area contributed by atoms with E-state index < -0.39 is 85.2 Å². The van der Waals surface area contributed by atoms with Gasteiger partial charge in [-0.2, -0.15) is 4.80 Å². The van der Waals surface area contributed by atoms with Crippen LogP contribution in [0.2, 0.25) is 0 Å². The smallest absolute Gasteiger partial charge is 0.408 e. The molecule has 0 radical (unpaired) electrons. The monoisotopic (exact) mass is 779 g/mol. The van der Waals surface area contributed by atoms with Gasteiger partial charge in [0.05, 0.1) is 19.2 Å². The number of rotatable bonds is 14. The molecule has 0 spiro atoms. The molecule has 3 amide bonds. The van der Waals surface area contributed by atoms with Crippen LogP contribution in [0.1, 0.15) is 71.8 Å². The Kier molecular flexibility index (Phi) is 11.1. The number of ketones is 1. The molecule has 0 saturated heterocycles. The number of nitrogens with zero attached hydrogens (tertiary/aromatic N) is 4. The maximum Gasteiger partial charge on any atom is 0.408 e. The molecule has 15 nitrogen and oxygen atoms in total. The van der Waals surface area contributed by atoms with Gasteiger partial charge in [-0.1, -0.05) is 39.0 Å². The number of sulfonamides is 1. The molecule has 6 rings (SSSR count). The molecule has 3 aliphatic carbocycles. The van der Waals surface area contributed by atoms with Crippen molar-refractivity contribution in [2.24, 2.45) is 23.2 Å². The molecule has 17 heteroatoms. The third-order valence-electron chi connectivity index (χ3n) is 10.7. The van der Waals surface area contributed by atoms with Gasteiger partial charge >= 0.3 is 6.09 Å². The maximum atomic E-state index is 14.6. The van der Waals surface area contributed by atoms with E-state index in [1.165, 1.54) is 16.9 Å². The van der Waals surface area contributed by atoms with Gasteiger partial charge in [0.15, 0.2) is 5.78 Å². The minimum atomic E-state index is -4.66. The molecular formula is C38H46FN7O8S. The lowest BCUT2D eigenvalue weighted by atomic mass is 9.77. The number of Topliss-reactive ketones (excluding diaryl/α,β-unsaturated/α-hetero) is 1. The summed E-state index contributed by atoms with van der Waals surface area (Å²) >= 11 is 0. The fraction of sp³-hybridized carbons (Fsp3) is 0.500. The van der Waals surface area contributed by atoms with Crippen molar-refractivity contribution in [3.05, 3.63) is 67.0 Å². The molecular weight excluding hydrogens is 734 g/mol. The highest BCUT2D eigenvalue weighted by Crippen LogP contribution is 2.48. The van der Waals surface area contributed by atoms with Gasteiger partial charge in [0.2, 0.25) is 11.7 Å². The average molecular weight is 780 g/mol. The van der Waals surface area contributed by atoms with Crippen LogP contribution in [0.4, 0.5) is 9.18 Å². The summed E-state index contributed by atoms with van der Waals surface area (Å²) in [7, 11) is -3.11. The van der Waals surface area contributed by atoms with Crippen LogP contribution in [0.15, 0.2) is 66.1 Å². The third kappa shape index (κ3) is 8.40. The van der Waals surface area contributed by atoms with Crippen LogP contribution in [0.3, 0.4) is 0 Å². The maximum absolute atomic E-state index is 14.6. The minimum absolute atomic E-state index is 0.0569. The Morgan fingerprint density at radius 3 is 2.38 bits per heavy atom. The van der Waals surface area contributed by atoms with Gasteiger partial charge in [0.25, 0.3) is 15.9 Å². The highest BCUT2D eigenvalue weighted by molar-refractivity contribution is 7.90. The summed E-state index contributed by atoms with van der Waals surface area (Å²) in [4.78, 5) is 56.4. The van der Waals surface area contributed by atoms with Gasteiger partial charge in [-0.3, -0.25) is 14.4 Å². The summed E-state index contributed by atoms with van der Waals surface area (Å²) < 4.78 is 53.5. The molecule has 0 aliphatic heterocycles. The standard InChI is InChI=1S/C38H46FN7O8S/c1-6-10-23-21-38(23,35(49)44-55(51,52)30-14-8-7-13-29(30)39)41-34(48)28-20-24(46-43-33(42-45-46)22-15-17-25(53-5)18-16-22)19-27(28)31(47)32(37(2,3)4)40-36(50)54-26-11-9-12-26/h6-8,13-18,23-24,26-28,32H,1,9-12,19-21H2,2-5H3,(H,40,50)(H,41,48)(H,44,49)/t23-,24+,27?,28-,32?,38+/m1/s1. The Labute approximate surface area is 318 Å². The van der Waals surface area contributed by atoms with Crippen molar-refractivity contribution in [2.75, 3.05) is 7.11 Å². The fourth-order valence-corrected chi connectivity index (χ4v) is 8.42. The number of carbonyl (C=O) groups is 4. The summed E-state index contributed by atoms with van der Waals surface area (Å²) in [6, 6.07) is 10.0. The van der Waals surface area contributed by atoms with E-state index in [0.29, 0.717) is 17.1 Å². The first kappa shape index (κ1) is 39.5. The van der Waals surface area contributed by atoms with Crippen molar-refractivity contribution in [2.45, 2.75) is 94.3 Å². The second-order valence-electron chi connectivity index (χ2n) is 15.6. The molecule has 1 aromatic heterocycles. The number of methoxy groups -OCH3 is 1. The number of hydrogen-bond donors (Lipinski definition) is 3. The number of amides is 3. The van der Waals surface area contributed by atoms with Crippen LogP contribution in [0.25, 0.3) is 11.4 Å². The highest BCUT2D eigenvalue weighted by atomic mass is 32.2. The quantitative estimate of drug-likeness (QED) is 0.197. The zero-order valence-corrected chi connectivity index (χ0v) is 32.0. The number of tetrazole rings is 1. The van der Waals surface area contributed by atoms with Crippen LogP contribution < -0.4 is 20.1 Å². The average Bonchev–Trinajstić information content (AvgIpc) is 3.43. The predicted molar refractivity (Wildman–Crippen MR) is 196 cm³/mol. The molecule has 294 valence electrons. The molecule has 3 fully saturated rings. The van der Waals surface area contributed by atoms with Crippen molar-refractivity contribution in [1.82, 2.24) is 35.6 Å². The van der Waals surface area contributed by atoms with E-state index in [2.05, 4.69) is 32.6 Å². The van der Waals surface area contributed by atoms with Gasteiger partial charge < -0.3 is 20.1 Å². The number of alkyl carbamates (subject to hydrolysis) is 1. The number of ether oxygens (including phenoxy) is 2. The van der Waals surface area contributed by atoms with Crippen LogP contribution in [0.5, 0.6) is 5.75 Å². The second-order valence-corrected chi connectivity index (χ2v) is 17.2. The Morgan fingerprint density at radius 2 is 1.76 bits per heavy atom. The lowest BCUT2D eigenvalue weighted by Gasteiger charge is -2.34. The molecule has 3 aliphatic rings. The molecule has 3 aromatic rings. The molecule has 2 aromatic carbocycles. The van der Waals surface area contributed by atoms with Gasteiger partial charge in [-0.25, -0.2) is 22.3 Å². The van der Waals surface area contributed by atoms with Crippen LogP contribution in [-0.4, -0.2) is 77.1 Å². The van der Waals surface area contributed by atoms with Crippen molar-refractivity contribution in [3.63, 3.8) is 0 Å². The van der Waals surface area contributed by atoms with Gasteiger partial charge in [-0.15, -0.1) is 16.8 Å². The topological polar surface area (TPSA) is 201 Å². The summed E-state index contributed by atoms with van der Waals surface area (Å²) in [6.45, 7) is 9.11. The van der Waals surface area contributed by atoms with Gasteiger partial charge in [0, 0.05) is 17.4 Å². The van der Waals surface area contributed by atoms with Crippen molar-refractivity contribution < 1.29 is 41.5 Å². The number of hydrogen-bond acceptors (Lipinski definition) is 11. The molecule has 55 heavy (non-hydrogen) atoms. The minimum Gasteiger partial charge on any atom is -0.497 e. The van der Waals surface area contributed by atoms with E-state index in [0.717, 1.165) is 31.4 Å². The van der Waals surface area contributed by atoms with E-state index in [4.69, 9.17) is 9.47 Å². The van der Waals surface area contributed by atoms with Crippen LogP contribution >= 0.6 is 0 Å². The van der Waals surface area contributed by atoms with Crippen molar-refractivity contribution >= 4 is 33.7 Å². The normalized spacial score (nSPS) is 24.2. The first-order valence-electron chi connectivity index (χ1n) is 18.3. The van der Waals surface area contributed by atoms with E-state index in [1.54, 1.807) is 58.2 Å². The predicted octanol–water partition coefficient (Wildman–Crippen LogP) is 4.27. The lowest BCUT2D eigenvalue weighted by molar-refractivity contribution is -0.137. The third-order valence-corrected chi connectivity index (χ3v) is 12.1. The summed E-state index contributed by atoms with van der Waals surface area (Å²) in [5, 5.41) is 18.6. The number of nitrogens with one attached hydrogen (secondary N) is 3. The van der Waals surface area contributed by atoms with E-state index in [1.807, 2.05) is 4.72 Å². The van der Waals surface area contributed by atoms with Gasteiger partial charge in [-0.05, 0) is 97.9 Å². The number of carbonyl (C=O) groups excluding carboxylic acids is 4. The number of benzene rings is 2. The Balaban J connectivity index is 1.29. The molecule has 3 N–H and O–H groups in total. The first-order valence-corrected chi connectivity index (χ1v) is 19.7. The van der Waals surface area contributed by atoms with Gasteiger partial charge in [0.1, 0.15) is 28.1 Å². The lowest BCUT2D eigenvalue weighted by Crippen LogP contribution is -2.56. The zero-order valence-electron chi connectivity index (χ0n) is 31.2. The summed E-state index contributed by atoms with van der Waals surface area (Å²) in [6.07, 6.45) is 3.50. The Morgan fingerprint density at radius 1 is 1.07 bits per heavy atom. The fourth-order valence-electron chi connectivity index (χ4n) is 7.31. The van der Waals surface area contributed by atoms with E-state index in [9.17, 15) is 32.0 Å². The number of halogens is 1. The van der Waals surface area contributed by atoms with Crippen molar-refractivity contribution in [1.29, 1.82) is 0 Å².